The Hall–Kier alpha value is -1.92. The molecular formula is C18H21ClN4O2. The first kappa shape index (κ1) is 16.5. The van der Waals surface area contributed by atoms with Crippen LogP contribution in [0.5, 0.6) is 0 Å². The van der Waals surface area contributed by atoms with Crippen molar-refractivity contribution in [2.75, 3.05) is 26.2 Å². The van der Waals surface area contributed by atoms with Crippen LogP contribution in [-0.2, 0) is 11.2 Å². The summed E-state index contributed by atoms with van der Waals surface area (Å²) in [4.78, 5) is 18.8. The van der Waals surface area contributed by atoms with E-state index in [1.165, 1.54) is 0 Å². The van der Waals surface area contributed by atoms with Gasteiger partial charge >= 0.3 is 0 Å². The number of halogens is 1. The van der Waals surface area contributed by atoms with Crippen molar-refractivity contribution in [2.45, 2.75) is 19.3 Å². The molecule has 6 nitrogen and oxygen atoms in total. The van der Waals surface area contributed by atoms with Crippen molar-refractivity contribution in [3.8, 4) is 11.4 Å². The van der Waals surface area contributed by atoms with Crippen LogP contribution < -0.4 is 5.32 Å². The first-order chi connectivity index (χ1) is 12.2. The number of likely N-dealkylation sites (tertiary alicyclic amines) is 1. The summed E-state index contributed by atoms with van der Waals surface area (Å²) in [6.07, 6.45) is 1.88. The summed E-state index contributed by atoms with van der Waals surface area (Å²) >= 11 is 5.88. The Balaban J connectivity index is 1.26. The predicted octanol–water partition coefficient (Wildman–Crippen LogP) is 2.39. The van der Waals surface area contributed by atoms with E-state index >= 15 is 0 Å². The first-order valence-corrected chi connectivity index (χ1v) is 9.14. The molecule has 0 radical (unpaired) electrons. The van der Waals surface area contributed by atoms with E-state index in [0.717, 1.165) is 38.2 Å². The molecule has 2 aromatic rings. The Kier molecular flexibility index (Phi) is 4.72. The van der Waals surface area contributed by atoms with Crippen LogP contribution >= 0.6 is 11.6 Å². The zero-order valence-electron chi connectivity index (χ0n) is 13.9. The minimum Gasteiger partial charge on any atom is -0.342 e. The Morgan fingerprint density at radius 3 is 2.68 bits per heavy atom. The molecule has 1 N–H and O–H groups in total. The zero-order chi connectivity index (χ0) is 17.2. The maximum atomic E-state index is 12.4. The van der Waals surface area contributed by atoms with Crippen LogP contribution in [0.4, 0.5) is 0 Å². The van der Waals surface area contributed by atoms with Crippen molar-refractivity contribution in [2.24, 2.45) is 11.8 Å². The van der Waals surface area contributed by atoms with E-state index in [1.807, 2.05) is 17.0 Å². The van der Waals surface area contributed by atoms with Gasteiger partial charge in [-0.3, -0.25) is 4.79 Å². The Morgan fingerprint density at radius 2 is 1.96 bits per heavy atom. The highest BCUT2D eigenvalue weighted by Crippen LogP contribution is 2.27. The Morgan fingerprint density at radius 1 is 1.24 bits per heavy atom. The van der Waals surface area contributed by atoms with Crippen LogP contribution in [-0.4, -0.2) is 47.1 Å². The summed E-state index contributed by atoms with van der Waals surface area (Å²) in [5.74, 6) is 2.65. The molecule has 2 aliphatic heterocycles. The maximum Gasteiger partial charge on any atom is 0.226 e. The molecule has 0 saturated carbocycles. The van der Waals surface area contributed by atoms with Crippen LogP contribution in [0.15, 0.2) is 28.8 Å². The second-order valence-corrected chi connectivity index (χ2v) is 7.29. The van der Waals surface area contributed by atoms with Crippen LogP contribution in [0, 0.1) is 11.8 Å². The van der Waals surface area contributed by atoms with Gasteiger partial charge in [-0.15, -0.1) is 0 Å². The van der Waals surface area contributed by atoms with Gasteiger partial charge in [-0.1, -0.05) is 16.8 Å². The SMILES string of the molecule is O=C(CCCc1nc(-c2ccc(Cl)cc2)no1)N1C[C@H]2CNC[C@H]2C1. The zero-order valence-corrected chi connectivity index (χ0v) is 14.7. The van der Waals surface area contributed by atoms with Crippen molar-refractivity contribution in [1.29, 1.82) is 0 Å². The maximum absolute atomic E-state index is 12.4. The van der Waals surface area contributed by atoms with Gasteiger partial charge in [0, 0.05) is 49.6 Å². The lowest BCUT2D eigenvalue weighted by Gasteiger charge is -2.17. The van der Waals surface area contributed by atoms with Gasteiger partial charge in [0.25, 0.3) is 0 Å². The van der Waals surface area contributed by atoms with E-state index in [0.29, 0.717) is 41.4 Å². The molecule has 25 heavy (non-hydrogen) atoms. The lowest BCUT2D eigenvalue weighted by atomic mass is 10.0. The molecule has 4 rings (SSSR count). The van der Waals surface area contributed by atoms with Crippen molar-refractivity contribution in [3.05, 3.63) is 35.2 Å². The van der Waals surface area contributed by atoms with Crippen LogP contribution in [0.3, 0.4) is 0 Å². The highest BCUT2D eigenvalue weighted by Gasteiger charge is 2.37. The minimum absolute atomic E-state index is 0.242. The van der Waals surface area contributed by atoms with Crippen molar-refractivity contribution >= 4 is 17.5 Å². The smallest absolute Gasteiger partial charge is 0.226 e. The summed E-state index contributed by atoms with van der Waals surface area (Å²) < 4.78 is 5.29. The molecule has 2 aliphatic rings. The molecule has 132 valence electrons. The van der Waals surface area contributed by atoms with Crippen molar-refractivity contribution in [1.82, 2.24) is 20.4 Å². The average molecular weight is 361 g/mol. The third-order valence-electron chi connectivity index (χ3n) is 5.09. The summed E-state index contributed by atoms with van der Waals surface area (Å²) in [5.41, 5.74) is 0.868. The van der Waals surface area contributed by atoms with Gasteiger partial charge in [0.15, 0.2) is 0 Å². The number of rotatable bonds is 5. The van der Waals surface area contributed by atoms with E-state index in [-0.39, 0.29) is 5.91 Å². The Bertz CT molecular complexity index is 734. The topological polar surface area (TPSA) is 71.3 Å². The van der Waals surface area contributed by atoms with E-state index < -0.39 is 0 Å². The fourth-order valence-corrected chi connectivity index (χ4v) is 3.81. The van der Waals surface area contributed by atoms with Crippen LogP contribution in [0.25, 0.3) is 11.4 Å². The molecule has 0 unspecified atom stereocenters. The number of nitrogens with zero attached hydrogens (tertiary/aromatic N) is 3. The van der Waals surface area contributed by atoms with Gasteiger partial charge in [0.2, 0.25) is 17.6 Å². The highest BCUT2D eigenvalue weighted by atomic mass is 35.5. The second-order valence-electron chi connectivity index (χ2n) is 6.85. The monoisotopic (exact) mass is 360 g/mol. The summed E-state index contributed by atoms with van der Waals surface area (Å²) in [7, 11) is 0. The molecule has 1 aromatic carbocycles. The van der Waals surface area contributed by atoms with E-state index in [1.54, 1.807) is 12.1 Å². The number of fused-ring (bicyclic) bond motifs is 1. The molecule has 1 aromatic heterocycles. The van der Waals surface area contributed by atoms with E-state index in [4.69, 9.17) is 16.1 Å². The number of amides is 1. The Labute approximate surface area is 151 Å². The number of aromatic nitrogens is 2. The van der Waals surface area contributed by atoms with Gasteiger partial charge < -0.3 is 14.7 Å². The second kappa shape index (κ2) is 7.14. The number of nitrogens with one attached hydrogen (secondary N) is 1. The van der Waals surface area contributed by atoms with Crippen molar-refractivity contribution < 1.29 is 9.32 Å². The highest BCUT2D eigenvalue weighted by molar-refractivity contribution is 6.30. The number of hydrogen-bond donors (Lipinski definition) is 1. The summed E-state index contributed by atoms with van der Waals surface area (Å²) in [5, 5.41) is 8.07. The minimum atomic E-state index is 0.242. The molecule has 3 heterocycles. The molecule has 2 fully saturated rings. The molecule has 0 spiro atoms. The molecule has 0 aliphatic carbocycles. The first-order valence-electron chi connectivity index (χ1n) is 8.76. The number of carbonyl (C=O) groups is 1. The quantitative estimate of drug-likeness (QED) is 0.886. The van der Waals surface area contributed by atoms with Gasteiger partial charge in [-0.2, -0.15) is 4.98 Å². The summed E-state index contributed by atoms with van der Waals surface area (Å²) in [6, 6.07) is 7.32. The molecular weight excluding hydrogens is 340 g/mol. The average Bonchev–Trinajstić information content (AvgIpc) is 3.31. The number of carbonyl (C=O) groups excluding carboxylic acids is 1. The van der Waals surface area contributed by atoms with Gasteiger partial charge in [-0.25, -0.2) is 0 Å². The van der Waals surface area contributed by atoms with Crippen LogP contribution in [0.2, 0.25) is 5.02 Å². The fraction of sp³-hybridized carbons (Fsp3) is 0.500. The standard InChI is InChI=1S/C18H21ClN4O2/c19-15-6-4-12(5-7-15)18-21-16(25-22-18)2-1-3-17(24)23-10-13-8-20-9-14(13)11-23/h4-7,13-14,20H,1-3,8-11H2/t13-,14+. The van der Waals surface area contributed by atoms with Crippen LogP contribution in [0.1, 0.15) is 18.7 Å². The summed E-state index contributed by atoms with van der Waals surface area (Å²) in [6.45, 7) is 3.89. The largest absolute Gasteiger partial charge is 0.342 e. The fourth-order valence-electron chi connectivity index (χ4n) is 3.68. The van der Waals surface area contributed by atoms with Gasteiger partial charge in [0.05, 0.1) is 0 Å². The van der Waals surface area contributed by atoms with Gasteiger partial charge in [-0.05, 0) is 42.5 Å². The van der Waals surface area contributed by atoms with E-state index in [2.05, 4.69) is 15.5 Å². The lowest BCUT2D eigenvalue weighted by Crippen LogP contribution is -2.31. The molecule has 2 saturated heterocycles. The third kappa shape index (κ3) is 3.70. The number of benzene rings is 1. The normalized spacial score (nSPS) is 22.4. The lowest BCUT2D eigenvalue weighted by molar-refractivity contribution is -0.130. The number of hydrogen-bond acceptors (Lipinski definition) is 5. The predicted molar refractivity (Wildman–Crippen MR) is 94.1 cm³/mol. The van der Waals surface area contributed by atoms with Gasteiger partial charge in [0.1, 0.15) is 0 Å². The van der Waals surface area contributed by atoms with Crippen molar-refractivity contribution in [3.63, 3.8) is 0 Å². The molecule has 7 heteroatoms. The molecule has 0 bridgehead atoms. The molecule has 1 amide bonds. The number of aryl methyl sites for hydroxylation is 1. The molecule has 2 atom stereocenters. The van der Waals surface area contributed by atoms with E-state index in [9.17, 15) is 4.79 Å². The third-order valence-corrected chi connectivity index (χ3v) is 5.35.